The van der Waals surface area contributed by atoms with Gasteiger partial charge in [-0.2, -0.15) is 0 Å². The van der Waals surface area contributed by atoms with Crippen molar-refractivity contribution in [1.29, 1.82) is 0 Å². The van der Waals surface area contributed by atoms with Crippen molar-refractivity contribution in [2.24, 2.45) is 0 Å². The van der Waals surface area contributed by atoms with E-state index >= 15 is 0 Å². The van der Waals surface area contributed by atoms with E-state index in [1.54, 1.807) is 12.5 Å². The van der Waals surface area contributed by atoms with Gasteiger partial charge >= 0.3 is 0 Å². The molecule has 1 aliphatic rings. The first-order valence-electron chi connectivity index (χ1n) is 11.9. The van der Waals surface area contributed by atoms with Gasteiger partial charge in [-0.3, -0.25) is 4.79 Å². The summed E-state index contributed by atoms with van der Waals surface area (Å²) < 4.78 is 2.00. The third kappa shape index (κ3) is 5.48. The molecule has 2 heterocycles. The van der Waals surface area contributed by atoms with E-state index in [-0.39, 0.29) is 5.91 Å². The summed E-state index contributed by atoms with van der Waals surface area (Å²) in [5.74, 6) is 0.802. The summed E-state index contributed by atoms with van der Waals surface area (Å²) in [6.45, 7) is 7.51. The largest absolute Gasteiger partial charge is 0.355 e. The normalized spacial score (nSPS) is 13.2. The smallest absolute Gasteiger partial charge is 0.251 e. The topological polar surface area (TPSA) is 75.9 Å². The van der Waals surface area contributed by atoms with Crippen molar-refractivity contribution >= 4 is 28.3 Å². The number of anilines is 1. The Hall–Kier alpha value is -3.48. The van der Waals surface area contributed by atoms with Gasteiger partial charge in [0.25, 0.3) is 5.91 Å². The monoisotopic (exact) mass is 444 g/mol. The average molecular weight is 445 g/mol. The van der Waals surface area contributed by atoms with Gasteiger partial charge in [-0.25, -0.2) is 15.0 Å². The van der Waals surface area contributed by atoms with Crippen LogP contribution in [0, 0.1) is 0 Å². The van der Waals surface area contributed by atoms with Crippen LogP contribution >= 0.6 is 0 Å². The van der Waals surface area contributed by atoms with Crippen molar-refractivity contribution in [1.82, 2.24) is 24.8 Å². The van der Waals surface area contributed by atoms with Gasteiger partial charge < -0.3 is 14.8 Å². The second-order valence-electron chi connectivity index (χ2n) is 8.23. The van der Waals surface area contributed by atoms with E-state index in [0.717, 1.165) is 73.4 Å². The minimum Gasteiger partial charge on any atom is -0.355 e. The van der Waals surface area contributed by atoms with Gasteiger partial charge in [-0.1, -0.05) is 25.2 Å². The maximum Gasteiger partial charge on any atom is 0.251 e. The summed E-state index contributed by atoms with van der Waals surface area (Å²) in [6, 6.07) is 5.59. The highest BCUT2D eigenvalue weighted by Gasteiger charge is 2.18. The Morgan fingerprint density at radius 2 is 2.09 bits per heavy atom. The van der Waals surface area contributed by atoms with E-state index in [0.29, 0.717) is 12.1 Å². The Balaban J connectivity index is 1.57. The number of aryl methyl sites for hydroxylation is 1. The van der Waals surface area contributed by atoms with E-state index < -0.39 is 0 Å². The fourth-order valence-electron chi connectivity index (χ4n) is 4.06. The minimum atomic E-state index is -0.0891. The highest BCUT2D eigenvalue weighted by molar-refractivity contribution is 5.97. The molecule has 4 rings (SSSR count). The number of carbonyl (C=O) groups is 1. The lowest BCUT2D eigenvalue weighted by Crippen LogP contribution is -2.26. The maximum absolute atomic E-state index is 12.7. The number of amides is 1. The first kappa shape index (κ1) is 22.7. The zero-order chi connectivity index (χ0) is 23.0. The molecule has 0 atom stereocenters. The van der Waals surface area contributed by atoms with Crippen LogP contribution in [0.3, 0.4) is 0 Å². The molecule has 0 radical (unpaired) electrons. The number of aromatic nitrogens is 4. The van der Waals surface area contributed by atoms with Gasteiger partial charge in [0.2, 0.25) is 0 Å². The van der Waals surface area contributed by atoms with E-state index in [1.807, 2.05) is 29.0 Å². The van der Waals surface area contributed by atoms with Crippen molar-refractivity contribution < 1.29 is 4.79 Å². The van der Waals surface area contributed by atoms with Crippen LogP contribution in [0.1, 0.15) is 55.6 Å². The minimum absolute atomic E-state index is 0.0891. The fourth-order valence-corrected chi connectivity index (χ4v) is 4.06. The van der Waals surface area contributed by atoms with E-state index in [9.17, 15) is 4.79 Å². The molecule has 33 heavy (non-hydrogen) atoms. The molecule has 0 bridgehead atoms. The number of hydrogen-bond acceptors (Lipinski definition) is 5. The molecule has 1 amide bonds. The number of nitrogens with one attached hydrogen (secondary N) is 1. The van der Waals surface area contributed by atoms with Crippen LogP contribution in [0.25, 0.3) is 16.6 Å². The standard InChI is InChI=1S/C26H32N6O/c1-3-15-32(4-2)25-24(20-9-6-5-7-10-20)29-22-12-11-21(18-23(22)30-25)26(33)28-13-8-16-31-17-14-27-19-31/h6,9-12,14,17-19H,3-5,7-8,13,15-16H2,1-2H3,(H,28,33). The van der Waals surface area contributed by atoms with Crippen LogP contribution in [0.5, 0.6) is 0 Å². The van der Waals surface area contributed by atoms with Crippen LogP contribution in [-0.4, -0.2) is 45.1 Å². The zero-order valence-electron chi connectivity index (χ0n) is 19.5. The van der Waals surface area contributed by atoms with Crippen LogP contribution in [0.15, 0.2) is 55.1 Å². The Morgan fingerprint density at radius 3 is 2.82 bits per heavy atom. The second-order valence-corrected chi connectivity index (χ2v) is 8.23. The molecule has 0 saturated heterocycles. The first-order valence-corrected chi connectivity index (χ1v) is 11.9. The molecule has 0 unspecified atom stereocenters. The lowest BCUT2D eigenvalue weighted by atomic mass is 10.0. The molecule has 0 spiro atoms. The number of carbonyl (C=O) groups excluding carboxylic acids is 1. The van der Waals surface area contributed by atoms with Crippen LogP contribution in [-0.2, 0) is 6.54 Å². The van der Waals surface area contributed by atoms with E-state index in [4.69, 9.17) is 9.97 Å². The van der Waals surface area contributed by atoms with E-state index in [2.05, 4.69) is 47.3 Å². The molecule has 7 heteroatoms. The molecule has 7 nitrogen and oxygen atoms in total. The summed E-state index contributed by atoms with van der Waals surface area (Å²) in [6.07, 6.45) is 16.0. The van der Waals surface area contributed by atoms with Gasteiger partial charge in [0, 0.05) is 44.1 Å². The fraction of sp³-hybridized carbons (Fsp3) is 0.385. The molecular formula is C26H32N6O. The van der Waals surface area contributed by atoms with Crippen molar-refractivity contribution in [3.05, 3.63) is 66.4 Å². The van der Waals surface area contributed by atoms with Crippen LogP contribution in [0.2, 0.25) is 0 Å². The van der Waals surface area contributed by atoms with Crippen LogP contribution in [0.4, 0.5) is 5.82 Å². The van der Waals surface area contributed by atoms with Gasteiger partial charge in [0.05, 0.1) is 17.4 Å². The lowest BCUT2D eigenvalue weighted by molar-refractivity contribution is 0.0953. The predicted octanol–water partition coefficient (Wildman–Crippen LogP) is 4.62. The van der Waals surface area contributed by atoms with E-state index in [1.165, 1.54) is 0 Å². The first-order chi connectivity index (χ1) is 16.2. The molecule has 0 saturated carbocycles. The molecule has 1 aromatic carbocycles. The van der Waals surface area contributed by atoms with Crippen LogP contribution < -0.4 is 10.2 Å². The summed E-state index contributed by atoms with van der Waals surface area (Å²) in [5, 5.41) is 3.01. The number of rotatable bonds is 10. The molecule has 1 aliphatic carbocycles. The molecule has 172 valence electrons. The highest BCUT2D eigenvalue weighted by atomic mass is 16.1. The SMILES string of the molecule is CCCN(CC)c1nc2cc(C(=O)NCCCn3ccnc3)ccc2nc1C1=CCCC=C1. The second kappa shape index (κ2) is 10.9. The van der Waals surface area contributed by atoms with Crippen molar-refractivity contribution in [3.63, 3.8) is 0 Å². The maximum atomic E-state index is 12.7. The zero-order valence-corrected chi connectivity index (χ0v) is 19.5. The summed E-state index contributed by atoms with van der Waals surface area (Å²) in [4.78, 5) is 29.0. The average Bonchev–Trinajstić information content (AvgIpc) is 3.38. The summed E-state index contributed by atoms with van der Waals surface area (Å²) >= 11 is 0. The van der Waals surface area contributed by atoms with Gasteiger partial charge in [-0.15, -0.1) is 0 Å². The Bertz CT molecular complexity index is 1150. The number of hydrogen-bond donors (Lipinski definition) is 1. The summed E-state index contributed by atoms with van der Waals surface area (Å²) in [5.41, 5.74) is 4.20. The van der Waals surface area contributed by atoms with Gasteiger partial charge in [-0.05, 0) is 56.4 Å². The molecule has 2 aromatic heterocycles. The molecule has 0 fully saturated rings. The number of fused-ring (bicyclic) bond motifs is 1. The molecule has 0 aliphatic heterocycles. The Morgan fingerprint density at radius 1 is 1.18 bits per heavy atom. The number of benzene rings is 1. The molecule has 1 N–H and O–H groups in total. The quantitative estimate of drug-likeness (QED) is 0.462. The third-order valence-corrected chi connectivity index (χ3v) is 5.79. The Labute approximate surface area is 195 Å². The van der Waals surface area contributed by atoms with Crippen molar-refractivity contribution in [2.75, 3.05) is 24.5 Å². The number of imidazole rings is 1. The number of allylic oxidation sites excluding steroid dienone is 4. The Kier molecular flexibility index (Phi) is 7.50. The van der Waals surface area contributed by atoms with Gasteiger partial charge in [0.15, 0.2) is 5.82 Å². The molecular weight excluding hydrogens is 412 g/mol. The summed E-state index contributed by atoms with van der Waals surface area (Å²) in [7, 11) is 0. The lowest BCUT2D eigenvalue weighted by Gasteiger charge is -2.24. The molecule has 3 aromatic rings. The van der Waals surface area contributed by atoms with Crippen molar-refractivity contribution in [3.8, 4) is 0 Å². The predicted molar refractivity (Wildman–Crippen MR) is 133 cm³/mol. The number of nitrogens with zero attached hydrogens (tertiary/aromatic N) is 5. The highest BCUT2D eigenvalue weighted by Crippen LogP contribution is 2.30. The third-order valence-electron chi connectivity index (χ3n) is 5.79. The van der Waals surface area contributed by atoms with Crippen molar-refractivity contribution in [2.45, 2.75) is 46.1 Å². The van der Waals surface area contributed by atoms with Gasteiger partial charge in [0.1, 0.15) is 5.69 Å².